The highest BCUT2D eigenvalue weighted by Crippen LogP contribution is 2.16. The molecule has 0 bridgehead atoms. The molecule has 0 aliphatic rings. The molecule has 16 heavy (non-hydrogen) atoms. The lowest BCUT2D eigenvalue weighted by Gasteiger charge is -2.07. The van der Waals surface area contributed by atoms with E-state index in [9.17, 15) is 0 Å². The molecule has 1 aromatic heterocycles. The summed E-state index contributed by atoms with van der Waals surface area (Å²) in [5.41, 5.74) is 3.26. The minimum atomic E-state index is 0.404. The van der Waals surface area contributed by atoms with Crippen LogP contribution in [0.4, 0.5) is 5.00 Å². The van der Waals surface area contributed by atoms with Crippen molar-refractivity contribution >= 4 is 16.5 Å². The van der Waals surface area contributed by atoms with Gasteiger partial charge in [0, 0.05) is 18.1 Å². The van der Waals surface area contributed by atoms with Crippen LogP contribution >= 0.6 is 11.5 Å². The van der Waals surface area contributed by atoms with Crippen LogP contribution in [0.2, 0.25) is 0 Å². The van der Waals surface area contributed by atoms with Crippen LogP contribution in [0.1, 0.15) is 19.5 Å². The van der Waals surface area contributed by atoms with Crippen LogP contribution in [0.25, 0.3) is 0 Å². The monoisotopic (exact) mass is 246 g/mol. The highest BCUT2D eigenvalue weighted by molar-refractivity contribution is 7.10. The maximum absolute atomic E-state index is 5.39. The Labute approximate surface area is 99.3 Å². The molecule has 0 atom stereocenters. The standard InChI is InChI=1S/C9H18N4O2S/c1-7(2)5-14-3-4-15-6-8-9(11-10)16-13-12-8/h7,11H,3-6,10H2,1-2H3. The Morgan fingerprint density at radius 2 is 2.12 bits per heavy atom. The molecule has 0 saturated heterocycles. The number of ether oxygens (including phenoxy) is 2. The fourth-order valence-corrected chi connectivity index (χ4v) is 1.50. The Bertz CT molecular complexity index is 293. The molecule has 7 heteroatoms. The van der Waals surface area contributed by atoms with Crippen molar-refractivity contribution in [2.24, 2.45) is 11.8 Å². The van der Waals surface area contributed by atoms with Crippen LogP contribution in [0.5, 0.6) is 0 Å². The molecular formula is C9H18N4O2S. The fourth-order valence-electron chi connectivity index (χ4n) is 1.02. The minimum Gasteiger partial charge on any atom is -0.379 e. The van der Waals surface area contributed by atoms with Gasteiger partial charge in [0.2, 0.25) is 0 Å². The van der Waals surface area contributed by atoms with E-state index in [1.165, 1.54) is 11.5 Å². The van der Waals surface area contributed by atoms with Gasteiger partial charge < -0.3 is 14.9 Å². The van der Waals surface area contributed by atoms with Crippen molar-refractivity contribution in [2.45, 2.75) is 20.5 Å². The molecule has 1 rings (SSSR count). The summed E-state index contributed by atoms with van der Waals surface area (Å²) in [5.74, 6) is 5.83. The van der Waals surface area contributed by atoms with Crippen molar-refractivity contribution in [1.29, 1.82) is 0 Å². The molecule has 0 aliphatic carbocycles. The fraction of sp³-hybridized carbons (Fsp3) is 0.778. The highest BCUT2D eigenvalue weighted by atomic mass is 32.1. The van der Waals surface area contributed by atoms with E-state index in [4.69, 9.17) is 15.3 Å². The Morgan fingerprint density at radius 3 is 2.81 bits per heavy atom. The maximum atomic E-state index is 5.39. The van der Waals surface area contributed by atoms with Gasteiger partial charge in [-0.1, -0.05) is 18.3 Å². The van der Waals surface area contributed by atoms with Crippen molar-refractivity contribution in [3.8, 4) is 0 Å². The number of hydrogen-bond acceptors (Lipinski definition) is 7. The minimum absolute atomic E-state index is 0.404. The molecule has 0 radical (unpaired) electrons. The molecule has 0 unspecified atom stereocenters. The van der Waals surface area contributed by atoms with E-state index in [0.29, 0.717) is 25.7 Å². The highest BCUT2D eigenvalue weighted by Gasteiger charge is 2.05. The first-order valence-electron chi connectivity index (χ1n) is 5.17. The summed E-state index contributed by atoms with van der Waals surface area (Å²) in [4.78, 5) is 0. The van der Waals surface area contributed by atoms with Crippen molar-refractivity contribution in [2.75, 3.05) is 25.2 Å². The Balaban J connectivity index is 2.07. The summed E-state index contributed by atoms with van der Waals surface area (Å²) in [6, 6.07) is 0. The molecule has 0 amide bonds. The quantitative estimate of drug-likeness (QED) is 0.405. The largest absolute Gasteiger partial charge is 0.379 e. The summed E-state index contributed by atoms with van der Waals surface area (Å²) in [7, 11) is 0. The SMILES string of the molecule is CC(C)COCCOCc1nnsc1NN. The number of hydrazine groups is 1. The summed E-state index contributed by atoms with van der Waals surface area (Å²) in [6.45, 7) is 6.54. The molecule has 1 heterocycles. The third-order valence-electron chi connectivity index (χ3n) is 1.75. The first-order valence-corrected chi connectivity index (χ1v) is 5.94. The Morgan fingerprint density at radius 1 is 1.38 bits per heavy atom. The van der Waals surface area contributed by atoms with E-state index >= 15 is 0 Å². The predicted molar refractivity (Wildman–Crippen MR) is 63.0 cm³/mol. The maximum Gasteiger partial charge on any atom is 0.149 e. The average Bonchev–Trinajstić information content (AvgIpc) is 2.70. The van der Waals surface area contributed by atoms with Gasteiger partial charge >= 0.3 is 0 Å². The average molecular weight is 246 g/mol. The molecule has 3 N–H and O–H groups in total. The second-order valence-corrected chi connectivity index (χ2v) is 4.47. The molecule has 0 saturated carbocycles. The van der Waals surface area contributed by atoms with Crippen LogP contribution < -0.4 is 11.3 Å². The molecule has 0 fully saturated rings. The van der Waals surface area contributed by atoms with Crippen LogP contribution in [-0.2, 0) is 16.1 Å². The van der Waals surface area contributed by atoms with Crippen LogP contribution in [0, 0.1) is 5.92 Å². The molecule has 0 aliphatic heterocycles. The normalized spacial score (nSPS) is 11.0. The van der Waals surface area contributed by atoms with Gasteiger partial charge in [0.1, 0.15) is 10.7 Å². The number of anilines is 1. The topological polar surface area (TPSA) is 82.3 Å². The number of rotatable bonds is 8. The lowest BCUT2D eigenvalue weighted by atomic mass is 10.2. The van der Waals surface area contributed by atoms with Gasteiger partial charge in [0.05, 0.1) is 19.8 Å². The van der Waals surface area contributed by atoms with E-state index in [-0.39, 0.29) is 0 Å². The smallest absolute Gasteiger partial charge is 0.149 e. The first-order chi connectivity index (χ1) is 7.74. The zero-order valence-corrected chi connectivity index (χ0v) is 10.4. The summed E-state index contributed by atoms with van der Waals surface area (Å²) in [6.07, 6.45) is 0. The molecule has 0 aromatic carbocycles. The molecule has 6 nitrogen and oxygen atoms in total. The van der Waals surface area contributed by atoms with Crippen molar-refractivity contribution < 1.29 is 9.47 Å². The molecule has 92 valence electrons. The van der Waals surface area contributed by atoms with Gasteiger partial charge in [-0.25, -0.2) is 5.84 Å². The van der Waals surface area contributed by atoms with E-state index in [2.05, 4.69) is 28.9 Å². The Hall–Kier alpha value is -0.760. The van der Waals surface area contributed by atoms with Gasteiger partial charge in [-0.3, -0.25) is 0 Å². The molecular weight excluding hydrogens is 228 g/mol. The van der Waals surface area contributed by atoms with E-state index in [1.54, 1.807) is 0 Å². The number of hydrogen-bond donors (Lipinski definition) is 2. The summed E-state index contributed by atoms with van der Waals surface area (Å²) < 4.78 is 14.5. The lowest BCUT2D eigenvalue weighted by Crippen LogP contribution is -2.10. The third kappa shape index (κ3) is 4.84. The third-order valence-corrected chi connectivity index (χ3v) is 2.45. The van der Waals surface area contributed by atoms with Crippen LogP contribution in [0.15, 0.2) is 0 Å². The van der Waals surface area contributed by atoms with Gasteiger partial charge in [-0.15, -0.1) is 5.10 Å². The van der Waals surface area contributed by atoms with Gasteiger partial charge in [-0.05, 0) is 5.92 Å². The number of nitrogens with two attached hydrogens (primary N) is 1. The Kier molecular flexibility index (Phi) is 6.24. The van der Waals surface area contributed by atoms with Crippen molar-refractivity contribution in [3.63, 3.8) is 0 Å². The number of aromatic nitrogens is 2. The lowest BCUT2D eigenvalue weighted by molar-refractivity contribution is 0.0306. The van der Waals surface area contributed by atoms with Gasteiger partial charge in [-0.2, -0.15) is 0 Å². The van der Waals surface area contributed by atoms with Crippen LogP contribution in [-0.4, -0.2) is 29.4 Å². The zero-order chi connectivity index (χ0) is 11.8. The first kappa shape index (κ1) is 13.3. The second-order valence-electron chi connectivity index (χ2n) is 3.71. The number of nitrogens with one attached hydrogen (secondary N) is 1. The second kappa shape index (κ2) is 7.50. The molecule has 1 aromatic rings. The van der Waals surface area contributed by atoms with E-state index in [0.717, 1.165) is 17.3 Å². The van der Waals surface area contributed by atoms with Crippen molar-refractivity contribution in [1.82, 2.24) is 9.59 Å². The summed E-state index contributed by atoms with van der Waals surface area (Å²) in [5, 5.41) is 4.63. The van der Waals surface area contributed by atoms with E-state index < -0.39 is 0 Å². The summed E-state index contributed by atoms with van der Waals surface area (Å²) >= 11 is 1.21. The molecule has 0 spiro atoms. The zero-order valence-electron chi connectivity index (χ0n) is 9.60. The van der Waals surface area contributed by atoms with Crippen LogP contribution in [0.3, 0.4) is 0 Å². The number of nitrogens with zero attached hydrogens (tertiary/aromatic N) is 2. The predicted octanol–water partition coefficient (Wildman–Crippen LogP) is 1.01. The van der Waals surface area contributed by atoms with Gasteiger partial charge in [0.25, 0.3) is 0 Å². The van der Waals surface area contributed by atoms with Gasteiger partial charge in [0.15, 0.2) is 0 Å². The van der Waals surface area contributed by atoms with E-state index in [1.807, 2.05) is 0 Å². The number of nitrogen functional groups attached to an aromatic ring is 1. The van der Waals surface area contributed by atoms with Crippen molar-refractivity contribution in [3.05, 3.63) is 5.69 Å².